The number of β-amino-alcohol motifs (C(OH)–C–C–N with tert-alkyl or cyclic N) is 1. The number of hydrogen-bond donors (Lipinski definition) is 1. The van der Waals surface area contributed by atoms with E-state index in [0.717, 1.165) is 18.7 Å². The maximum absolute atomic E-state index is 11.6. The van der Waals surface area contributed by atoms with Crippen LogP contribution in [0.3, 0.4) is 0 Å². The molecule has 1 aliphatic heterocycles. The van der Waals surface area contributed by atoms with Crippen molar-refractivity contribution < 1.29 is 13.5 Å². The Morgan fingerprint density at radius 3 is 2.42 bits per heavy atom. The zero-order valence-electron chi connectivity index (χ0n) is 15.1. The maximum atomic E-state index is 11.6. The third-order valence-electron chi connectivity index (χ3n) is 5.94. The summed E-state index contributed by atoms with van der Waals surface area (Å²) in [6, 6.07) is 15.3. The molecule has 1 unspecified atom stereocenters. The molecule has 0 saturated heterocycles. The molecule has 2 aliphatic rings. The summed E-state index contributed by atoms with van der Waals surface area (Å²) in [4.78, 5) is 2.63. The van der Waals surface area contributed by atoms with Gasteiger partial charge in [0, 0.05) is 31.3 Å². The van der Waals surface area contributed by atoms with E-state index in [9.17, 15) is 13.5 Å². The van der Waals surface area contributed by atoms with Gasteiger partial charge in [0.25, 0.3) is 0 Å². The van der Waals surface area contributed by atoms with E-state index in [2.05, 4.69) is 29.2 Å². The third-order valence-corrected chi connectivity index (χ3v) is 7.07. The Balaban J connectivity index is 1.51. The molecule has 26 heavy (non-hydrogen) atoms. The van der Waals surface area contributed by atoms with Crippen molar-refractivity contribution >= 4 is 9.84 Å². The number of hydrogen-bond acceptors (Lipinski definition) is 4. The van der Waals surface area contributed by atoms with Gasteiger partial charge in [-0.1, -0.05) is 42.8 Å². The first-order valence-corrected chi connectivity index (χ1v) is 11.1. The molecule has 2 aromatic rings. The molecule has 1 spiro atoms. The minimum absolute atomic E-state index is 0.259. The number of fused-ring (bicyclic) bond motifs is 2. The fraction of sp³-hybridized carbons (Fsp3) is 0.429. The van der Waals surface area contributed by atoms with Crippen LogP contribution in [0.15, 0.2) is 53.4 Å². The fourth-order valence-corrected chi connectivity index (χ4v) is 5.06. The number of benzene rings is 2. The molecule has 1 aliphatic carbocycles. The molecule has 0 aromatic heterocycles. The molecular formula is C21H25NO3S. The summed E-state index contributed by atoms with van der Waals surface area (Å²) >= 11 is 0. The van der Waals surface area contributed by atoms with Gasteiger partial charge in [-0.15, -0.1) is 0 Å². The average molecular weight is 372 g/mol. The van der Waals surface area contributed by atoms with Crippen LogP contribution in [0.2, 0.25) is 0 Å². The van der Waals surface area contributed by atoms with Crippen LogP contribution in [0, 0.1) is 0 Å². The summed E-state index contributed by atoms with van der Waals surface area (Å²) in [5, 5.41) is 10.7. The molecule has 4 nitrogen and oxygen atoms in total. The number of nitrogens with zero attached hydrogens (tertiary/aromatic N) is 1. The molecule has 1 N–H and O–H groups in total. The van der Waals surface area contributed by atoms with Crippen LogP contribution >= 0.6 is 0 Å². The summed E-state index contributed by atoms with van der Waals surface area (Å²) in [5.74, 6) is 0. The van der Waals surface area contributed by atoms with Crippen molar-refractivity contribution in [2.45, 2.75) is 42.2 Å². The number of rotatable bonds is 4. The molecule has 1 saturated carbocycles. The van der Waals surface area contributed by atoms with Gasteiger partial charge in [-0.05, 0) is 41.7 Å². The molecule has 138 valence electrons. The highest BCUT2D eigenvalue weighted by Gasteiger charge is 2.44. The maximum Gasteiger partial charge on any atom is 0.175 e. The first-order valence-electron chi connectivity index (χ1n) is 9.16. The Bertz CT molecular complexity index is 901. The van der Waals surface area contributed by atoms with Crippen molar-refractivity contribution in [2.24, 2.45) is 0 Å². The van der Waals surface area contributed by atoms with Gasteiger partial charge in [-0.25, -0.2) is 8.42 Å². The lowest BCUT2D eigenvalue weighted by Gasteiger charge is -2.50. The molecule has 0 bridgehead atoms. The van der Waals surface area contributed by atoms with E-state index in [4.69, 9.17) is 0 Å². The van der Waals surface area contributed by atoms with Crippen molar-refractivity contribution in [3.05, 3.63) is 65.2 Å². The van der Waals surface area contributed by atoms with Crippen LogP contribution in [0.5, 0.6) is 0 Å². The number of aliphatic hydroxyl groups is 1. The van der Waals surface area contributed by atoms with Gasteiger partial charge < -0.3 is 5.11 Å². The smallest absolute Gasteiger partial charge is 0.175 e. The van der Waals surface area contributed by atoms with Crippen molar-refractivity contribution in [1.82, 2.24) is 4.90 Å². The van der Waals surface area contributed by atoms with Crippen LogP contribution < -0.4 is 0 Å². The van der Waals surface area contributed by atoms with E-state index < -0.39 is 15.9 Å². The highest BCUT2D eigenvalue weighted by Crippen LogP contribution is 2.48. The highest BCUT2D eigenvalue weighted by atomic mass is 32.2. The van der Waals surface area contributed by atoms with Gasteiger partial charge >= 0.3 is 0 Å². The molecule has 0 amide bonds. The molecule has 4 rings (SSSR count). The monoisotopic (exact) mass is 371 g/mol. The standard InChI is InChI=1S/C21H25NO3S/c1-26(24,25)18-9-7-16(8-10-18)20(23)14-22-13-17-5-2-3-6-19(17)21(15-22)11-4-12-21/h2-3,5-10,20,23H,4,11-15H2,1H3. The molecule has 2 aromatic carbocycles. The lowest BCUT2D eigenvalue weighted by Crippen LogP contribution is -2.50. The molecule has 1 heterocycles. The Hall–Kier alpha value is -1.69. The van der Waals surface area contributed by atoms with Crippen LogP contribution in [-0.4, -0.2) is 37.8 Å². The van der Waals surface area contributed by atoms with Gasteiger partial charge in [0.1, 0.15) is 0 Å². The van der Waals surface area contributed by atoms with Crippen LogP contribution in [0.1, 0.15) is 42.1 Å². The summed E-state index contributed by atoms with van der Waals surface area (Å²) in [6.45, 7) is 2.41. The van der Waals surface area contributed by atoms with E-state index in [0.29, 0.717) is 6.54 Å². The molecule has 5 heteroatoms. The van der Waals surface area contributed by atoms with Crippen LogP contribution in [0.4, 0.5) is 0 Å². The molecule has 1 atom stereocenters. The second kappa shape index (κ2) is 6.48. The molecule has 0 radical (unpaired) electrons. The van der Waals surface area contributed by atoms with Gasteiger partial charge in [-0.3, -0.25) is 4.90 Å². The third kappa shape index (κ3) is 3.20. The van der Waals surface area contributed by atoms with Gasteiger partial charge in [0.05, 0.1) is 11.0 Å². The molecule has 1 fully saturated rings. The van der Waals surface area contributed by atoms with Crippen LogP contribution in [-0.2, 0) is 21.8 Å². The summed E-state index contributed by atoms with van der Waals surface area (Å²) in [5.41, 5.74) is 3.89. The minimum Gasteiger partial charge on any atom is -0.387 e. The van der Waals surface area contributed by atoms with E-state index >= 15 is 0 Å². The number of sulfone groups is 1. The fourth-order valence-electron chi connectivity index (χ4n) is 4.43. The summed E-state index contributed by atoms with van der Waals surface area (Å²) in [7, 11) is -3.21. The predicted molar refractivity (Wildman–Crippen MR) is 102 cm³/mol. The lowest BCUT2D eigenvalue weighted by atomic mass is 9.61. The second-order valence-electron chi connectivity index (χ2n) is 7.82. The Labute approximate surface area is 155 Å². The quantitative estimate of drug-likeness (QED) is 0.897. The first-order chi connectivity index (χ1) is 12.4. The van der Waals surface area contributed by atoms with E-state index in [-0.39, 0.29) is 10.3 Å². The summed E-state index contributed by atoms with van der Waals surface area (Å²) < 4.78 is 23.2. The zero-order chi connectivity index (χ0) is 18.4. The lowest BCUT2D eigenvalue weighted by molar-refractivity contribution is 0.0606. The topological polar surface area (TPSA) is 57.6 Å². The normalized spacial score (nSPS) is 20.4. The van der Waals surface area contributed by atoms with E-state index in [1.807, 2.05) is 0 Å². The van der Waals surface area contributed by atoms with Crippen molar-refractivity contribution in [3.8, 4) is 0 Å². The molecular weight excluding hydrogens is 346 g/mol. The zero-order valence-corrected chi connectivity index (χ0v) is 15.9. The second-order valence-corrected chi connectivity index (χ2v) is 9.83. The van der Waals surface area contributed by atoms with Gasteiger partial charge in [0.15, 0.2) is 9.84 Å². The summed E-state index contributed by atoms with van der Waals surface area (Å²) in [6.07, 6.45) is 4.30. The van der Waals surface area contributed by atoms with E-state index in [1.54, 1.807) is 24.3 Å². The minimum atomic E-state index is -3.21. The Morgan fingerprint density at radius 1 is 1.12 bits per heavy atom. The SMILES string of the molecule is CS(=O)(=O)c1ccc(C(O)CN2Cc3ccccc3C3(CCC3)C2)cc1. The number of aliphatic hydroxyl groups excluding tert-OH is 1. The van der Waals surface area contributed by atoms with Crippen molar-refractivity contribution in [2.75, 3.05) is 19.3 Å². The Kier molecular flexibility index (Phi) is 4.41. The predicted octanol–water partition coefficient (Wildman–Crippen LogP) is 3.06. The largest absolute Gasteiger partial charge is 0.387 e. The average Bonchev–Trinajstić information content (AvgIpc) is 2.59. The van der Waals surface area contributed by atoms with Gasteiger partial charge in [-0.2, -0.15) is 0 Å². The highest BCUT2D eigenvalue weighted by molar-refractivity contribution is 7.90. The van der Waals surface area contributed by atoms with Gasteiger partial charge in [0.2, 0.25) is 0 Å². The van der Waals surface area contributed by atoms with Crippen molar-refractivity contribution in [3.63, 3.8) is 0 Å². The Morgan fingerprint density at radius 2 is 1.81 bits per heavy atom. The van der Waals surface area contributed by atoms with Crippen molar-refractivity contribution in [1.29, 1.82) is 0 Å². The van der Waals surface area contributed by atoms with E-state index in [1.165, 1.54) is 36.6 Å². The first kappa shape index (κ1) is 17.7. The van der Waals surface area contributed by atoms with Crippen LogP contribution in [0.25, 0.3) is 0 Å².